The van der Waals surface area contributed by atoms with Gasteiger partial charge in [-0.3, -0.25) is 0 Å². The molecule has 0 aliphatic carbocycles. The Hall–Kier alpha value is -1.27. The molecule has 1 atom stereocenters. The molecule has 5 nitrogen and oxygen atoms in total. The second kappa shape index (κ2) is 5.79. The largest absolute Gasteiger partial charge is 0.496 e. The number of carbonyl (C=O) groups is 1. The number of nitrogens with two attached hydrogens (primary N) is 1. The van der Waals surface area contributed by atoms with Crippen molar-refractivity contribution in [3.8, 4) is 5.75 Å². The summed E-state index contributed by atoms with van der Waals surface area (Å²) < 4.78 is 6.36. The Morgan fingerprint density at radius 3 is 2.89 bits per heavy atom. The van der Waals surface area contributed by atoms with E-state index >= 15 is 0 Å². The van der Waals surface area contributed by atoms with E-state index in [1.165, 1.54) is 0 Å². The third-order valence-corrected chi connectivity index (χ3v) is 3.88. The highest BCUT2D eigenvalue weighted by atomic mass is 79.9. The van der Waals surface area contributed by atoms with Gasteiger partial charge in [-0.25, -0.2) is 4.79 Å². The van der Waals surface area contributed by atoms with Gasteiger partial charge >= 0.3 is 6.03 Å². The van der Waals surface area contributed by atoms with Gasteiger partial charge in [-0.2, -0.15) is 0 Å². The smallest absolute Gasteiger partial charge is 0.320 e. The maximum Gasteiger partial charge on any atom is 0.320 e. The molecule has 19 heavy (non-hydrogen) atoms. The molecule has 1 fully saturated rings. The molecule has 6 heteroatoms. The molecule has 0 saturated carbocycles. The summed E-state index contributed by atoms with van der Waals surface area (Å²) in [6, 6.07) is 5.84. The van der Waals surface area contributed by atoms with Crippen LogP contribution in [-0.4, -0.2) is 49.6 Å². The molecule has 1 saturated heterocycles. The SMILES string of the molecule is COc1ccc(Br)cc1C1CN(CCN)C(=O)N1C. The first-order chi connectivity index (χ1) is 9.08. The van der Waals surface area contributed by atoms with E-state index in [9.17, 15) is 4.79 Å². The Balaban J connectivity index is 2.32. The fourth-order valence-electron chi connectivity index (χ4n) is 2.38. The number of benzene rings is 1. The van der Waals surface area contributed by atoms with E-state index in [1.54, 1.807) is 16.9 Å². The van der Waals surface area contributed by atoms with Crippen LogP contribution in [0.5, 0.6) is 5.75 Å². The number of methoxy groups -OCH3 is 1. The maximum absolute atomic E-state index is 12.1. The van der Waals surface area contributed by atoms with Crippen LogP contribution in [0.4, 0.5) is 4.79 Å². The van der Waals surface area contributed by atoms with Gasteiger partial charge in [-0.05, 0) is 18.2 Å². The number of carbonyl (C=O) groups excluding carboxylic acids is 1. The van der Waals surface area contributed by atoms with E-state index in [4.69, 9.17) is 10.5 Å². The Morgan fingerprint density at radius 1 is 1.53 bits per heavy atom. The van der Waals surface area contributed by atoms with Crippen molar-refractivity contribution in [2.24, 2.45) is 5.73 Å². The van der Waals surface area contributed by atoms with Gasteiger partial charge < -0.3 is 20.3 Å². The Kier molecular flexibility index (Phi) is 4.31. The molecule has 0 radical (unpaired) electrons. The number of nitrogens with zero attached hydrogens (tertiary/aromatic N) is 2. The van der Waals surface area contributed by atoms with E-state index in [0.29, 0.717) is 19.6 Å². The highest BCUT2D eigenvalue weighted by Gasteiger charge is 2.36. The van der Waals surface area contributed by atoms with Crippen LogP contribution in [0, 0.1) is 0 Å². The number of halogens is 1. The highest BCUT2D eigenvalue weighted by Crippen LogP contribution is 2.35. The summed E-state index contributed by atoms with van der Waals surface area (Å²) in [7, 11) is 3.45. The molecule has 1 unspecified atom stereocenters. The van der Waals surface area contributed by atoms with Crippen LogP contribution in [0.2, 0.25) is 0 Å². The molecular weight excluding hydrogens is 310 g/mol. The lowest BCUT2D eigenvalue weighted by Crippen LogP contribution is -2.33. The van der Waals surface area contributed by atoms with Crippen molar-refractivity contribution in [1.82, 2.24) is 9.80 Å². The number of hydrogen-bond acceptors (Lipinski definition) is 3. The predicted octanol–water partition coefficient (Wildman–Crippen LogP) is 1.82. The lowest BCUT2D eigenvalue weighted by Gasteiger charge is -2.20. The van der Waals surface area contributed by atoms with Crippen LogP contribution >= 0.6 is 15.9 Å². The zero-order valence-electron chi connectivity index (χ0n) is 11.1. The van der Waals surface area contributed by atoms with E-state index in [0.717, 1.165) is 15.8 Å². The van der Waals surface area contributed by atoms with Crippen LogP contribution < -0.4 is 10.5 Å². The topological polar surface area (TPSA) is 58.8 Å². The standard InChI is InChI=1S/C13H18BrN3O2/c1-16-11(8-17(6-5-15)13(16)18)10-7-9(14)3-4-12(10)19-2/h3-4,7,11H,5-6,8,15H2,1-2H3. The zero-order valence-corrected chi connectivity index (χ0v) is 12.7. The van der Waals surface area contributed by atoms with Gasteiger partial charge in [-0.1, -0.05) is 15.9 Å². The molecule has 0 aromatic heterocycles. The lowest BCUT2D eigenvalue weighted by atomic mass is 10.1. The van der Waals surface area contributed by atoms with Crippen molar-refractivity contribution >= 4 is 22.0 Å². The van der Waals surface area contributed by atoms with E-state index in [-0.39, 0.29) is 12.1 Å². The molecule has 104 valence electrons. The molecule has 1 heterocycles. The van der Waals surface area contributed by atoms with E-state index in [2.05, 4.69) is 15.9 Å². The molecule has 1 aromatic carbocycles. The summed E-state index contributed by atoms with van der Waals surface area (Å²) in [5.41, 5.74) is 6.54. The lowest BCUT2D eigenvalue weighted by molar-refractivity contribution is 0.196. The number of rotatable bonds is 4. The molecule has 2 rings (SSSR count). The van der Waals surface area contributed by atoms with Crippen molar-refractivity contribution in [1.29, 1.82) is 0 Å². The highest BCUT2D eigenvalue weighted by molar-refractivity contribution is 9.10. The normalized spacial score (nSPS) is 19.2. The minimum atomic E-state index is -0.00787. The molecule has 2 amide bonds. The molecule has 0 spiro atoms. The van der Waals surface area contributed by atoms with Crippen LogP contribution in [-0.2, 0) is 0 Å². The quantitative estimate of drug-likeness (QED) is 0.917. The summed E-state index contributed by atoms with van der Waals surface area (Å²) in [5.74, 6) is 0.794. The van der Waals surface area contributed by atoms with Gasteiger partial charge in [0.1, 0.15) is 5.75 Å². The van der Waals surface area contributed by atoms with Crippen LogP contribution in [0.3, 0.4) is 0 Å². The molecular formula is C13H18BrN3O2. The number of ether oxygens (including phenoxy) is 1. The minimum absolute atomic E-state index is 0.00787. The van der Waals surface area contributed by atoms with Crippen molar-refractivity contribution in [3.63, 3.8) is 0 Å². The summed E-state index contributed by atoms with van der Waals surface area (Å²) in [6.45, 7) is 1.69. The average Bonchev–Trinajstić information content (AvgIpc) is 2.67. The number of likely N-dealkylation sites (N-methyl/N-ethyl adjacent to an activating group) is 1. The number of hydrogen-bond donors (Lipinski definition) is 1. The maximum atomic E-state index is 12.1. The first-order valence-electron chi connectivity index (χ1n) is 6.13. The van der Waals surface area contributed by atoms with Gasteiger partial charge in [0, 0.05) is 36.7 Å². The minimum Gasteiger partial charge on any atom is -0.496 e. The van der Waals surface area contributed by atoms with Crippen molar-refractivity contribution < 1.29 is 9.53 Å². The fourth-order valence-corrected chi connectivity index (χ4v) is 2.76. The summed E-state index contributed by atoms with van der Waals surface area (Å²) >= 11 is 3.46. The van der Waals surface area contributed by atoms with Crippen LogP contribution in [0.25, 0.3) is 0 Å². The van der Waals surface area contributed by atoms with Crippen LogP contribution in [0.1, 0.15) is 11.6 Å². The summed E-state index contributed by atoms with van der Waals surface area (Å²) in [4.78, 5) is 15.6. The average molecular weight is 328 g/mol. The van der Waals surface area contributed by atoms with Crippen molar-refractivity contribution in [2.45, 2.75) is 6.04 Å². The van der Waals surface area contributed by atoms with Gasteiger partial charge in [0.15, 0.2) is 0 Å². The molecule has 1 aliphatic heterocycles. The molecule has 2 N–H and O–H groups in total. The van der Waals surface area contributed by atoms with Crippen molar-refractivity contribution in [3.05, 3.63) is 28.2 Å². The molecule has 1 aliphatic rings. The van der Waals surface area contributed by atoms with Gasteiger partial charge in [0.05, 0.1) is 13.2 Å². The molecule has 0 bridgehead atoms. The first kappa shape index (κ1) is 14.1. The van der Waals surface area contributed by atoms with Gasteiger partial charge in [0.25, 0.3) is 0 Å². The second-order valence-electron chi connectivity index (χ2n) is 4.53. The molecule has 1 aromatic rings. The number of amides is 2. The van der Waals surface area contributed by atoms with Gasteiger partial charge in [-0.15, -0.1) is 0 Å². The number of urea groups is 1. The summed E-state index contributed by atoms with van der Waals surface area (Å²) in [6.07, 6.45) is 0. The van der Waals surface area contributed by atoms with Crippen LogP contribution in [0.15, 0.2) is 22.7 Å². The van der Waals surface area contributed by atoms with Crippen molar-refractivity contribution in [2.75, 3.05) is 33.8 Å². The monoisotopic (exact) mass is 327 g/mol. The summed E-state index contributed by atoms with van der Waals surface area (Å²) in [5, 5.41) is 0. The second-order valence-corrected chi connectivity index (χ2v) is 5.45. The fraction of sp³-hybridized carbons (Fsp3) is 0.462. The Labute approximate surface area is 121 Å². The third kappa shape index (κ3) is 2.69. The third-order valence-electron chi connectivity index (χ3n) is 3.38. The van der Waals surface area contributed by atoms with Gasteiger partial charge in [0.2, 0.25) is 0 Å². The Morgan fingerprint density at radius 2 is 2.26 bits per heavy atom. The Bertz CT molecular complexity index is 481. The predicted molar refractivity (Wildman–Crippen MR) is 77.2 cm³/mol. The first-order valence-corrected chi connectivity index (χ1v) is 6.93. The zero-order chi connectivity index (χ0) is 14.0. The van der Waals surface area contributed by atoms with E-state index < -0.39 is 0 Å². The van der Waals surface area contributed by atoms with E-state index in [1.807, 2.05) is 25.2 Å².